The highest BCUT2D eigenvalue weighted by Crippen LogP contribution is 2.38. The SMILES string of the molecule is Brc1ccc(-c2ccc(-n3c4ccc(-c5ccccc5)cc4c4cc(-c5ccccc5)ccc43)cc2)c2nsnc12. The van der Waals surface area contributed by atoms with Crippen LogP contribution in [0.4, 0.5) is 0 Å². The molecule has 8 aromatic rings. The first kappa shape index (κ1) is 24.2. The van der Waals surface area contributed by atoms with E-state index in [1.807, 2.05) is 0 Å². The highest BCUT2D eigenvalue weighted by Gasteiger charge is 2.16. The Morgan fingerprint density at radius 1 is 0.488 bits per heavy atom. The van der Waals surface area contributed by atoms with E-state index < -0.39 is 0 Å². The second-order valence-electron chi connectivity index (χ2n) is 10.1. The summed E-state index contributed by atoms with van der Waals surface area (Å²) < 4.78 is 12.4. The Bertz CT molecular complexity index is 2100. The molecule has 0 atom stereocenters. The van der Waals surface area contributed by atoms with E-state index in [0.717, 1.165) is 32.3 Å². The van der Waals surface area contributed by atoms with Crippen LogP contribution in [0.25, 0.3) is 71.9 Å². The van der Waals surface area contributed by atoms with Gasteiger partial charge in [0.25, 0.3) is 0 Å². The molecular formula is C36H22BrN3S. The molecule has 2 aromatic heterocycles. The van der Waals surface area contributed by atoms with Crippen molar-refractivity contribution in [3.8, 4) is 39.1 Å². The van der Waals surface area contributed by atoms with E-state index in [0.29, 0.717) is 0 Å². The molecule has 0 radical (unpaired) electrons. The molecule has 0 saturated carbocycles. The quantitative estimate of drug-likeness (QED) is 0.199. The maximum atomic E-state index is 4.57. The fraction of sp³-hybridized carbons (Fsp3) is 0. The number of aromatic nitrogens is 3. The Hall–Kier alpha value is -4.58. The summed E-state index contributed by atoms with van der Waals surface area (Å²) in [4.78, 5) is 0. The van der Waals surface area contributed by atoms with Crippen LogP contribution in [0.1, 0.15) is 0 Å². The molecule has 0 unspecified atom stereocenters. The number of hydrogen-bond donors (Lipinski definition) is 0. The Kier molecular flexibility index (Phi) is 5.80. The average molecular weight is 609 g/mol. The summed E-state index contributed by atoms with van der Waals surface area (Å²) in [7, 11) is 0. The number of hydrogen-bond acceptors (Lipinski definition) is 3. The van der Waals surface area contributed by atoms with Gasteiger partial charge in [0.2, 0.25) is 0 Å². The van der Waals surface area contributed by atoms with E-state index >= 15 is 0 Å². The van der Waals surface area contributed by atoms with Crippen LogP contribution in [0, 0.1) is 0 Å². The van der Waals surface area contributed by atoms with Gasteiger partial charge in [-0.25, -0.2) is 0 Å². The minimum absolute atomic E-state index is 0.905. The van der Waals surface area contributed by atoms with Crippen molar-refractivity contribution in [2.45, 2.75) is 0 Å². The molecule has 0 amide bonds. The second kappa shape index (κ2) is 9.81. The fourth-order valence-electron chi connectivity index (χ4n) is 5.78. The molecule has 0 N–H and O–H groups in total. The molecule has 5 heteroatoms. The monoisotopic (exact) mass is 607 g/mol. The van der Waals surface area contributed by atoms with Crippen molar-refractivity contribution in [1.82, 2.24) is 13.3 Å². The van der Waals surface area contributed by atoms with Gasteiger partial charge in [0.05, 0.1) is 22.8 Å². The maximum Gasteiger partial charge on any atom is 0.119 e. The van der Waals surface area contributed by atoms with Gasteiger partial charge in [-0.05, 0) is 86.2 Å². The Labute approximate surface area is 249 Å². The molecule has 0 spiro atoms. The third kappa shape index (κ3) is 4.08. The van der Waals surface area contributed by atoms with Crippen LogP contribution in [0.3, 0.4) is 0 Å². The predicted molar refractivity (Wildman–Crippen MR) is 176 cm³/mol. The zero-order valence-corrected chi connectivity index (χ0v) is 24.2. The summed E-state index contributed by atoms with van der Waals surface area (Å²) in [5.41, 5.74) is 12.4. The van der Waals surface area contributed by atoms with Crippen LogP contribution >= 0.6 is 27.7 Å². The Morgan fingerprint density at radius 3 is 1.61 bits per heavy atom. The van der Waals surface area contributed by atoms with E-state index in [1.165, 1.54) is 55.8 Å². The molecule has 0 aliphatic rings. The van der Waals surface area contributed by atoms with Crippen LogP contribution in [-0.2, 0) is 0 Å². The third-order valence-electron chi connectivity index (χ3n) is 7.78. The minimum atomic E-state index is 0.905. The van der Waals surface area contributed by atoms with E-state index in [2.05, 4.69) is 163 Å². The standard InChI is InChI=1S/C36H22BrN3S/c37-32-18-17-29(35-36(32)39-41-38-35)25-11-15-28(16-12-25)40-33-19-13-26(23-7-3-1-4-8-23)21-30(33)31-22-27(14-20-34(31)40)24-9-5-2-6-10-24/h1-22H. The first-order valence-electron chi connectivity index (χ1n) is 13.5. The van der Waals surface area contributed by atoms with Crippen molar-refractivity contribution in [3.63, 3.8) is 0 Å². The number of fused-ring (bicyclic) bond motifs is 4. The van der Waals surface area contributed by atoms with Crippen LogP contribution < -0.4 is 0 Å². The van der Waals surface area contributed by atoms with E-state index in [4.69, 9.17) is 0 Å². The Balaban J connectivity index is 1.32. The van der Waals surface area contributed by atoms with Crippen molar-refractivity contribution in [2.24, 2.45) is 0 Å². The lowest BCUT2D eigenvalue weighted by Gasteiger charge is -2.10. The van der Waals surface area contributed by atoms with Gasteiger partial charge >= 0.3 is 0 Å². The summed E-state index contributed by atoms with van der Waals surface area (Å²) in [6.45, 7) is 0. The predicted octanol–water partition coefficient (Wildman–Crippen LogP) is 10.6. The molecule has 8 rings (SSSR count). The van der Waals surface area contributed by atoms with Crippen molar-refractivity contribution in [1.29, 1.82) is 0 Å². The average Bonchev–Trinajstić information content (AvgIpc) is 3.66. The molecule has 0 aliphatic heterocycles. The largest absolute Gasteiger partial charge is 0.309 e. The molecule has 6 aromatic carbocycles. The van der Waals surface area contributed by atoms with Crippen molar-refractivity contribution >= 4 is 60.5 Å². The first-order valence-corrected chi connectivity index (χ1v) is 15.0. The smallest absolute Gasteiger partial charge is 0.119 e. The topological polar surface area (TPSA) is 30.7 Å². The number of halogens is 1. The van der Waals surface area contributed by atoms with Gasteiger partial charge in [-0.2, -0.15) is 8.75 Å². The highest BCUT2D eigenvalue weighted by molar-refractivity contribution is 9.10. The molecular weight excluding hydrogens is 586 g/mol. The molecule has 0 saturated heterocycles. The fourth-order valence-corrected chi connectivity index (χ4v) is 6.88. The van der Waals surface area contributed by atoms with Gasteiger partial charge in [-0.1, -0.05) is 91.0 Å². The van der Waals surface area contributed by atoms with Gasteiger partial charge in [-0.3, -0.25) is 0 Å². The number of rotatable bonds is 4. The lowest BCUT2D eigenvalue weighted by atomic mass is 10.0. The van der Waals surface area contributed by atoms with E-state index in [-0.39, 0.29) is 0 Å². The van der Waals surface area contributed by atoms with Crippen LogP contribution in [-0.4, -0.2) is 13.3 Å². The van der Waals surface area contributed by atoms with E-state index in [1.54, 1.807) is 0 Å². The van der Waals surface area contributed by atoms with E-state index in [9.17, 15) is 0 Å². The molecule has 3 nitrogen and oxygen atoms in total. The van der Waals surface area contributed by atoms with Gasteiger partial charge in [0.15, 0.2) is 0 Å². The van der Waals surface area contributed by atoms with Crippen LogP contribution in [0.15, 0.2) is 138 Å². The number of nitrogens with zero attached hydrogens (tertiary/aromatic N) is 3. The zero-order chi connectivity index (χ0) is 27.3. The first-order chi connectivity index (χ1) is 20.2. The van der Waals surface area contributed by atoms with Gasteiger partial charge in [0.1, 0.15) is 11.0 Å². The summed E-state index contributed by atoms with van der Waals surface area (Å²) in [6, 6.07) is 47.8. The van der Waals surface area contributed by atoms with Gasteiger partial charge in [0, 0.05) is 26.5 Å². The van der Waals surface area contributed by atoms with Crippen molar-refractivity contribution < 1.29 is 0 Å². The molecule has 194 valence electrons. The second-order valence-corrected chi connectivity index (χ2v) is 11.5. The summed E-state index contributed by atoms with van der Waals surface area (Å²) in [5, 5.41) is 2.48. The summed E-state index contributed by atoms with van der Waals surface area (Å²) >= 11 is 4.85. The lowest BCUT2D eigenvalue weighted by Crippen LogP contribution is -1.94. The lowest BCUT2D eigenvalue weighted by molar-refractivity contribution is 1.18. The van der Waals surface area contributed by atoms with Crippen LogP contribution in [0.5, 0.6) is 0 Å². The van der Waals surface area contributed by atoms with Gasteiger partial charge < -0.3 is 4.57 Å². The summed E-state index contributed by atoms with van der Waals surface area (Å²) in [5.74, 6) is 0. The molecule has 0 fully saturated rings. The van der Waals surface area contributed by atoms with Gasteiger partial charge in [-0.15, -0.1) is 0 Å². The minimum Gasteiger partial charge on any atom is -0.309 e. The number of benzene rings is 6. The van der Waals surface area contributed by atoms with Crippen molar-refractivity contribution in [2.75, 3.05) is 0 Å². The molecule has 2 heterocycles. The van der Waals surface area contributed by atoms with Crippen LogP contribution in [0.2, 0.25) is 0 Å². The van der Waals surface area contributed by atoms with Crippen molar-refractivity contribution in [3.05, 3.63) is 138 Å². The normalized spacial score (nSPS) is 11.5. The Morgan fingerprint density at radius 2 is 1.02 bits per heavy atom. The summed E-state index contributed by atoms with van der Waals surface area (Å²) in [6.07, 6.45) is 0. The molecule has 41 heavy (non-hydrogen) atoms. The third-order valence-corrected chi connectivity index (χ3v) is 8.95. The zero-order valence-electron chi connectivity index (χ0n) is 21.8. The molecule has 0 aliphatic carbocycles. The highest BCUT2D eigenvalue weighted by atomic mass is 79.9. The molecule has 0 bridgehead atoms. The maximum absolute atomic E-state index is 4.57.